The van der Waals surface area contributed by atoms with Gasteiger partial charge in [0.2, 0.25) is 12.7 Å². The van der Waals surface area contributed by atoms with E-state index in [0.717, 1.165) is 12.8 Å². The van der Waals surface area contributed by atoms with E-state index in [1.54, 1.807) is 42.3 Å². The highest BCUT2D eigenvalue weighted by Gasteiger charge is 2.51. The molecule has 8 heteroatoms. The molecule has 5 rings (SSSR count). The van der Waals surface area contributed by atoms with Gasteiger partial charge in [0.1, 0.15) is 11.1 Å². The van der Waals surface area contributed by atoms with Gasteiger partial charge in [-0.15, -0.1) is 0 Å². The van der Waals surface area contributed by atoms with Crippen molar-refractivity contribution in [2.45, 2.75) is 38.1 Å². The average molecular weight is 409 g/mol. The number of aromatic nitrogens is 1. The monoisotopic (exact) mass is 409 g/mol. The molecule has 1 spiro atoms. The molecule has 2 aromatic rings. The van der Waals surface area contributed by atoms with Gasteiger partial charge in [0, 0.05) is 25.4 Å². The molecule has 30 heavy (non-hydrogen) atoms. The molecule has 156 valence electrons. The first-order valence-corrected chi connectivity index (χ1v) is 10.2. The standard InChI is InChI=1S/C22H23N3O5/c1-14-6-11-24(15-4-5-16-17(12-15)30-13-29-16)19(26)18(14)20(27)25-10-3-8-22(25)7-2-9-23-21(22)28/h4-6,11-12H,2-3,7-10,13H2,1H3,(H,23,28). The maximum absolute atomic E-state index is 13.6. The summed E-state index contributed by atoms with van der Waals surface area (Å²) in [6.07, 6.45) is 4.49. The molecule has 1 unspecified atom stereocenters. The van der Waals surface area contributed by atoms with Crippen LogP contribution in [0.3, 0.4) is 0 Å². The maximum atomic E-state index is 13.6. The van der Waals surface area contributed by atoms with Crippen molar-refractivity contribution in [2.75, 3.05) is 19.9 Å². The summed E-state index contributed by atoms with van der Waals surface area (Å²) in [6.45, 7) is 3.00. The van der Waals surface area contributed by atoms with E-state index in [-0.39, 0.29) is 24.2 Å². The molecular formula is C22H23N3O5. The number of likely N-dealkylation sites (tertiary alicyclic amines) is 1. The van der Waals surface area contributed by atoms with Crippen molar-refractivity contribution in [2.24, 2.45) is 0 Å². The largest absolute Gasteiger partial charge is 0.454 e. The first kappa shape index (κ1) is 18.7. The number of nitrogens with one attached hydrogen (secondary N) is 1. The minimum atomic E-state index is -0.840. The molecule has 1 N–H and O–H groups in total. The third kappa shape index (κ3) is 2.70. The van der Waals surface area contributed by atoms with Crippen LogP contribution in [0.15, 0.2) is 35.3 Å². The van der Waals surface area contributed by atoms with Gasteiger partial charge in [0.25, 0.3) is 11.5 Å². The van der Waals surface area contributed by atoms with Crippen molar-refractivity contribution in [3.05, 3.63) is 51.9 Å². The molecule has 3 aliphatic heterocycles. The minimum absolute atomic E-state index is 0.106. The van der Waals surface area contributed by atoms with E-state index in [4.69, 9.17) is 9.47 Å². The van der Waals surface area contributed by atoms with Gasteiger partial charge in [0.05, 0.1) is 5.69 Å². The summed E-state index contributed by atoms with van der Waals surface area (Å²) in [5.41, 5.74) is 0.0465. The SMILES string of the molecule is Cc1ccn(-c2ccc3c(c2)OCO3)c(=O)c1C(=O)N1CCCC12CCCNC2=O. The van der Waals surface area contributed by atoms with E-state index in [2.05, 4.69) is 5.32 Å². The van der Waals surface area contributed by atoms with Gasteiger partial charge in [-0.25, -0.2) is 0 Å². The van der Waals surface area contributed by atoms with Gasteiger partial charge in [-0.3, -0.25) is 19.0 Å². The van der Waals surface area contributed by atoms with Gasteiger partial charge in [-0.2, -0.15) is 0 Å². The quantitative estimate of drug-likeness (QED) is 0.816. The number of piperidine rings is 1. The van der Waals surface area contributed by atoms with Crippen LogP contribution in [0, 0.1) is 6.92 Å². The number of ether oxygens (including phenoxy) is 2. The molecule has 4 heterocycles. The molecule has 0 aliphatic carbocycles. The minimum Gasteiger partial charge on any atom is -0.454 e. The summed E-state index contributed by atoms with van der Waals surface area (Å²) in [4.78, 5) is 41.3. The fourth-order valence-electron chi connectivity index (χ4n) is 4.79. The molecule has 1 aromatic heterocycles. The number of amides is 2. The summed E-state index contributed by atoms with van der Waals surface area (Å²) in [6, 6.07) is 6.97. The van der Waals surface area contributed by atoms with Gasteiger partial charge < -0.3 is 19.7 Å². The third-order valence-electron chi connectivity index (χ3n) is 6.36. The normalized spacial score (nSPS) is 22.4. The Morgan fingerprint density at radius 2 is 1.90 bits per heavy atom. The Bertz CT molecular complexity index is 1110. The molecule has 1 atom stereocenters. The highest BCUT2D eigenvalue weighted by molar-refractivity contribution is 6.00. The lowest BCUT2D eigenvalue weighted by atomic mass is 9.86. The van der Waals surface area contributed by atoms with Crippen LogP contribution in [-0.2, 0) is 4.79 Å². The van der Waals surface area contributed by atoms with Crippen LogP contribution in [-0.4, -0.2) is 46.7 Å². The summed E-state index contributed by atoms with van der Waals surface area (Å²) < 4.78 is 12.2. The van der Waals surface area contributed by atoms with Crippen LogP contribution >= 0.6 is 0 Å². The van der Waals surface area contributed by atoms with Crippen molar-refractivity contribution in [1.82, 2.24) is 14.8 Å². The van der Waals surface area contributed by atoms with Crippen LogP contribution in [0.25, 0.3) is 5.69 Å². The number of hydrogen-bond acceptors (Lipinski definition) is 5. The van der Waals surface area contributed by atoms with Crippen molar-refractivity contribution < 1.29 is 19.1 Å². The second kappa shape index (κ2) is 6.90. The van der Waals surface area contributed by atoms with Crippen LogP contribution < -0.4 is 20.3 Å². The molecule has 1 aromatic carbocycles. The smallest absolute Gasteiger partial charge is 0.268 e. The number of nitrogens with zero attached hydrogens (tertiary/aromatic N) is 2. The lowest BCUT2D eigenvalue weighted by Crippen LogP contribution is -2.60. The molecule has 2 amide bonds. The van der Waals surface area contributed by atoms with Gasteiger partial charge >= 0.3 is 0 Å². The maximum Gasteiger partial charge on any atom is 0.268 e. The number of carbonyl (C=O) groups excluding carboxylic acids is 2. The molecular weight excluding hydrogens is 386 g/mol. The number of benzene rings is 1. The Kier molecular flexibility index (Phi) is 4.30. The van der Waals surface area contributed by atoms with Crippen LogP contribution in [0.5, 0.6) is 11.5 Å². The first-order valence-electron chi connectivity index (χ1n) is 10.2. The molecule has 2 fully saturated rings. The second-order valence-corrected chi connectivity index (χ2v) is 8.04. The molecule has 0 saturated carbocycles. The van der Waals surface area contributed by atoms with Crippen LogP contribution in [0.1, 0.15) is 41.6 Å². The molecule has 0 radical (unpaired) electrons. The zero-order valence-electron chi connectivity index (χ0n) is 16.8. The lowest BCUT2D eigenvalue weighted by molar-refractivity contribution is -0.133. The average Bonchev–Trinajstić information content (AvgIpc) is 3.37. The van der Waals surface area contributed by atoms with Gasteiger partial charge in [-0.1, -0.05) is 0 Å². The number of rotatable bonds is 2. The van der Waals surface area contributed by atoms with Gasteiger partial charge in [0.15, 0.2) is 11.5 Å². The van der Waals surface area contributed by atoms with E-state index in [1.165, 1.54) is 4.57 Å². The Hall–Kier alpha value is -3.29. The van der Waals surface area contributed by atoms with Crippen LogP contribution in [0.2, 0.25) is 0 Å². The summed E-state index contributed by atoms with van der Waals surface area (Å²) in [7, 11) is 0. The van der Waals surface area contributed by atoms with Crippen molar-refractivity contribution >= 4 is 11.8 Å². The van der Waals surface area contributed by atoms with E-state index >= 15 is 0 Å². The topological polar surface area (TPSA) is 89.9 Å². The van der Waals surface area contributed by atoms with Crippen molar-refractivity contribution in [3.63, 3.8) is 0 Å². The molecule has 0 bridgehead atoms. The number of carbonyl (C=O) groups is 2. The predicted molar refractivity (Wildman–Crippen MR) is 108 cm³/mol. The van der Waals surface area contributed by atoms with E-state index in [1.807, 2.05) is 0 Å². The van der Waals surface area contributed by atoms with Gasteiger partial charge in [-0.05, 0) is 56.4 Å². The zero-order chi connectivity index (χ0) is 20.9. The molecule has 8 nitrogen and oxygen atoms in total. The van der Waals surface area contributed by atoms with E-state index in [0.29, 0.717) is 48.7 Å². The number of hydrogen-bond donors (Lipinski definition) is 1. The summed E-state index contributed by atoms with van der Waals surface area (Å²) >= 11 is 0. The Morgan fingerprint density at radius 3 is 2.73 bits per heavy atom. The lowest BCUT2D eigenvalue weighted by Gasteiger charge is -2.40. The first-order chi connectivity index (χ1) is 14.5. The Labute approximate surface area is 173 Å². The highest BCUT2D eigenvalue weighted by atomic mass is 16.7. The predicted octanol–water partition coefficient (Wildman–Crippen LogP) is 1.76. The zero-order valence-corrected chi connectivity index (χ0v) is 16.8. The fraction of sp³-hybridized carbons (Fsp3) is 0.409. The highest BCUT2D eigenvalue weighted by Crippen LogP contribution is 2.37. The number of fused-ring (bicyclic) bond motifs is 1. The summed E-state index contributed by atoms with van der Waals surface area (Å²) in [5.74, 6) is 0.703. The number of aryl methyl sites for hydroxylation is 1. The third-order valence-corrected chi connectivity index (χ3v) is 6.36. The fourth-order valence-corrected chi connectivity index (χ4v) is 4.79. The molecule has 2 saturated heterocycles. The Balaban J connectivity index is 1.56. The van der Waals surface area contributed by atoms with Crippen LogP contribution in [0.4, 0.5) is 0 Å². The van der Waals surface area contributed by atoms with E-state index in [9.17, 15) is 14.4 Å². The second-order valence-electron chi connectivity index (χ2n) is 8.04. The van der Waals surface area contributed by atoms with Crippen molar-refractivity contribution in [1.29, 1.82) is 0 Å². The summed E-state index contributed by atoms with van der Waals surface area (Å²) in [5, 5.41) is 2.90. The molecule has 3 aliphatic rings. The van der Waals surface area contributed by atoms with E-state index < -0.39 is 11.1 Å². The Morgan fingerprint density at radius 1 is 1.10 bits per heavy atom. The van der Waals surface area contributed by atoms with Crippen molar-refractivity contribution in [3.8, 4) is 17.2 Å². The number of pyridine rings is 1.